The summed E-state index contributed by atoms with van der Waals surface area (Å²) in [5.41, 5.74) is 4.25. The van der Waals surface area contributed by atoms with Gasteiger partial charge >= 0.3 is 0 Å². The van der Waals surface area contributed by atoms with Crippen LogP contribution in [0.3, 0.4) is 0 Å². The Hall–Kier alpha value is -2.34. The third-order valence-corrected chi connectivity index (χ3v) is 6.52. The van der Waals surface area contributed by atoms with E-state index in [1.165, 1.54) is 17.3 Å². The quantitative estimate of drug-likeness (QED) is 0.443. The molecule has 0 unspecified atom stereocenters. The highest BCUT2D eigenvalue weighted by Gasteiger charge is 2.30. The van der Waals surface area contributed by atoms with E-state index in [0.29, 0.717) is 10.1 Å². The Morgan fingerprint density at radius 1 is 1.04 bits per heavy atom. The summed E-state index contributed by atoms with van der Waals surface area (Å²) in [5, 5.41) is 3.50. The molecule has 1 aliphatic rings. The lowest BCUT2D eigenvalue weighted by Crippen LogP contribution is -2.23. The number of likely N-dealkylation sites (N-methyl/N-ethyl adjacent to an activating group) is 1. The molecule has 28 heavy (non-hydrogen) atoms. The average Bonchev–Trinajstić information content (AvgIpc) is 3.25. The second kappa shape index (κ2) is 7.95. The summed E-state index contributed by atoms with van der Waals surface area (Å²) in [5.74, 6) is -0.0303. The Kier molecular flexibility index (Phi) is 5.40. The number of hydrogen-bond donors (Lipinski definition) is 0. The van der Waals surface area contributed by atoms with Crippen molar-refractivity contribution in [2.24, 2.45) is 4.99 Å². The molecule has 1 saturated heterocycles. The first-order chi connectivity index (χ1) is 13.5. The first-order valence-electron chi connectivity index (χ1n) is 8.67. The van der Waals surface area contributed by atoms with E-state index in [0.717, 1.165) is 26.7 Å². The van der Waals surface area contributed by atoms with Crippen LogP contribution in [0.5, 0.6) is 0 Å². The van der Waals surface area contributed by atoms with Crippen molar-refractivity contribution in [2.75, 3.05) is 7.05 Å². The van der Waals surface area contributed by atoms with Crippen LogP contribution in [0, 0.1) is 6.92 Å². The van der Waals surface area contributed by atoms with Gasteiger partial charge in [-0.1, -0.05) is 41.4 Å². The molecule has 140 valence electrons. The molecule has 0 N–H and O–H groups in total. The number of hydrogen-bond acceptors (Lipinski definition) is 4. The normalized spacial score (nSPS) is 17.1. The summed E-state index contributed by atoms with van der Waals surface area (Å²) < 4.78 is 0. The van der Waals surface area contributed by atoms with Crippen LogP contribution in [0.1, 0.15) is 10.4 Å². The lowest BCUT2D eigenvalue weighted by Gasteiger charge is -2.07. The van der Waals surface area contributed by atoms with E-state index < -0.39 is 0 Å². The number of aryl methyl sites for hydroxylation is 1. The van der Waals surface area contributed by atoms with Crippen LogP contribution in [0.15, 0.2) is 69.9 Å². The van der Waals surface area contributed by atoms with Crippen molar-refractivity contribution in [2.45, 2.75) is 6.92 Å². The molecular weight excluding hydrogens is 408 g/mol. The molecule has 3 nitrogen and oxygen atoms in total. The van der Waals surface area contributed by atoms with Crippen LogP contribution in [-0.2, 0) is 4.79 Å². The van der Waals surface area contributed by atoms with E-state index in [9.17, 15) is 4.79 Å². The maximum Gasteiger partial charge on any atom is 0.266 e. The Balaban J connectivity index is 1.57. The molecule has 4 rings (SSSR count). The Labute approximate surface area is 177 Å². The van der Waals surface area contributed by atoms with Gasteiger partial charge in [-0.25, -0.2) is 4.99 Å². The molecule has 2 aromatic carbocycles. The van der Waals surface area contributed by atoms with Crippen LogP contribution in [0.25, 0.3) is 17.2 Å². The highest BCUT2D eigenvalue weighted by Crippen LogP contribution is 2.35. The van der Waals surface area contributed by atoms with Crippen molar-refractivity contribution < 1.29 is 4.79 Å². The zero-order chi connectivity index (χ0) is 19.7. The van der Waals surface area contributed by atoms with Gasteiger partial charge in [0.1, 0.15) is 0 Å². The Morgan fingerprint density at radius 3 is 2.46 bits per heavy atom. The molecule has 1 aromatic heterocycles. The summed E-state index contributed by atoms with van der Waals surface area (Å²) in [7, 11) is 1.76. The second-order valence-electron chi connectivity index (χ2n) is 6.45. The van der Waals surface area contributed by atoms with Gasteiger partial charge in [0.05, 0.1) is 10.6 Å². The van der Waals surface area contributed by atoms with E-state index in [4.69, 9.17) is 11.6 Å². The fourth-order valence-electron chi connectivity index (χ4n) is 2.73. The number of carbonyl (C=O) groups excluding carboxylic acids is 1. The van der Waals surface area contributed by atoms with Crippen molar-refractivity contribution in [3.05, 3.63) is 80.3 Å². The zero-order valence-corrected chi connectivity index (χ0v) is 17.7. The molecule has 1 amide bonds. The van der Waals surface area contributed by atoms with Gasteiger partial charge in [-0.05, 0) is 71.6 Å². The number of carbonyl (C=O) groups is 1. The van der Waals surface area contributed by atoms with Gasteiger partial charge in [0.25, 0.3) is 5.91 Å². The topological polar surface area (TPSA) is 32.7 Å². The minimum atomic E-state index is -0.0303. The smallest absolute Gasteiger partial charge is 0.266 e. The summed E-state index contributed by atoms with van der Waals surface area (Å²) in [6, 6.07) is 17.8. The zero-order valence-electron chi connectivity index (χ0n) is 15.3. The molecule has 0 atom stereocenters. The molecule has 0 saturated carbocycles. The molecule has 0 bridgehead atoms. The van der Waals surface area contributed by atoms with E-state index in [2.05, 4.69) is 16.4 Å². The molecule has 1 aliphatic heterocycles. The van der Waals surface area contributed by atoms with Gasteiger partial charge in [-0.2, -0.15) is 0 Å². The predicted octanol–water partition coefficient (Wildman–Crippen LogP) is 6.61. The lowest BCUT2D eigenvalue weighted by molar-refractivity contribution is -0.121. The number of amides is 1. The van der Waals surface area contributed by atoms with Crippen LogP contribution < -0.4 is 0 Å². The summed E-state index contributed by atoms with van der Waals surface area (Å²) in [6.45, 7) is 2.04. The third kappa shape index (κ3) is 4.07. The highest BCUT2D eigenvalue weighted by molar-refractivity contribution is 8.18. The average molecular weight is 425 g/mol. The van der Waals surface area contributed by atoms with E-state index in [1.54, 1.807) is 23.3 Å². The van der Waals surface area contributed by atoms with Gasteiger partial charge in [0.15, 0.2) is 5.17 Å². The van der Waals surface area contributed by atoms with Crippen molar-refractivity contribution >= 4 is 57.5 Å². The number of aliphatic imine (C=N–C) groups is 1. The standard InChI is InChI=1S/C22H17ClN2OS2/c1-14-3-9-18(10-4-14)24-22-25(2)21(26)20(28-22)12-19-11-16(13-27-19)15-5-7-17(23)8-6-15/h3-13H,1-2H3/b20-12-,24-22?. The molecule has 0 radical (unpaired) electrons. The molecular formula is C22H17ClN2OS2. The van der Waals surface area contributed by atoms with Gasteiger partial charge in [-0.3, -0.25) is 9.69 Å². The van der Waals surface area contributed by atoms with Gasteiger partial charge in [0, 0.05) is 16.9 Å². The molecule has 0 spiro atoms. The van der Waals surface area contributed by atoms with Crippen molar-refractivity contribution in [3.8, 4) is 11.1 Å². The van der Waals surface area contributed by atoms with Crippen molar-refractivity contribution in [1.29, 1.82) is 0 Å². The van der Waals surface area contributed by atoms with Gasteiger partial charge < -0.3 is 0 Å². The molecule has 2 heterocycles. The summed E-state index contributed by atoms with van der Waals surface area (Å²) >= 11 is 8.98. The minimum absolute atomic E-state index is 0.0303. The van der Waals surface area contributed by atoms with Crippen LogP contribution >= 0.6 is 34.7 Å². The van der Waals surface area contributed by atoms with Crippen molar-refractivity contribution in [3.63, 3.8) is 0 Å². The summed E-state index contributed by atoms with van der Waals surface area (Å²) in [4.78, 5) is 20.6. The molecule has 1 fully saturated rings. The van der Waals surface area contributed by atoms with Crippen molar-refractivity contribution in [1.82, 2.24) is 4.90 Å². The van der Waals surface area contributed by atoms with Crippen LogP contribution in [0.2, 0.25) is 5.02 Å². The number of benzene rings is 2. The SMILES string of the molecule is Cc1ccc(N=C2S/C(=C\c3cc(-c4ccc(Cl)cc4)cs3)C(=O)N2C)cc1. The van der Waals surface area contributed by atoms with Crippen LogP contribution in [-0.4, -0.2) is 23.0 Å². The number of thiophene rings is 1. The fourth-order valence-corrected chi connectivity index (χ4v) is 4.76. The third-order valence-electron chi connectivity index (χ3n) is 4.33. The van der Waals surface area contributed by atoms with Crippen LogP contribution in [0.4, 0.5) is 5.69 Å². The van der Waals surface area contributed by atoms with E-state index in [1.807, 2.05) is 61.5 Å². The maximum atomic E-state index is 12.6. The number of rotatable bonds is 3. The predicted molar refractivity (Wildman–Crippen MR) is 121 cm³/mol. The summed E-state index contributed by atoms with van der Waals surface area (Å²) in [6.07, 6.45) is 1.94. The van der Waals surface area contributed by atoms with E-state index in [-0.39, 0.29) is 5.91 Å². The molecule has 0 aliphatic carbocycles. The molecule has 3 aromatic rings. The van der Waals surface area contributed by atoms with Gasteiger partial charge in [-0.15, -0.1) is 11.3 Å². The first kappa shape index (κ1) is 19.0. The van der Waals surface area contributed by atoms with Gasteiger partial charge in [0.2, 0.25) is 0 Å². The second-order valence-corrected chi connectivity index (χ2v) is 8.84. The Morgan fingerprint density at radius 2 is 1.75 bits per heavy atom. The monoisotopic (exact) mass is 424 g/mol. The molecule has 6 heteroatoms. The maximum absolute atomic E-state index is 12.6. The highest BCUT2D eigenvalue weighted by atomic mass is 35.5. The lowest BCUT2D eigenvalue weighted by atomic mass is 10.1. The Bertz CT molecular complexity index is 1080. The first-order valence-corrected chi connectivity index (χ1v) is 10.7. The fraction of sp³-hybridized carbons (Fsp3) is 0.0909. The van der Waals surface area contributed by atoms with E-state index >= 15 is 0 Å². The number of nitrogens with zero attached hydrogens (tertiary/aromatic N) is 2. The largest absolute Gasteiger partial charge is 0.290 e. The minimum Gasteiger partial charge on any atom is -0.290 e. The number of halogens is 1. The number of amidine groups is 1. The number of thioether (sulfide) groups is 1.